The van der Waals surface area contributed by atoms with Gasteiger partial charge in [0.25, 0.3) is 0 Å². The molecule has 0 aliphatic carbocycles. The molecule has 8 heteroatoms. The Hall–Kier alpha value is -2.22. The van der Waals surface area contributed by atoms with Crippen molar-refractivity contribution < 1.29 is 9.53 Å². The summed E-state index contributed by atoms with van der Waals surface area (Å²) in [6.45, 7) is 2.82. The van der Waals surface area contributed by atoms with Crippen molar-refractivity contribution in [3.8, 4) is 5.75 Å². The van der Waals surface area contributed by atoms with Crippen molar-refractivity contribution in [3.63, 3.8) is 0 Å². The van der Waals surface area contributed by atoms with E-state index >= 15 is 0 Å². The third kappa shape index (κ3) is 5.28. The van der Waals surface area contributed by atoms with Crippen molar-refractivity contribution in [2.45, 2.75) is 24.9 Å². The van der Waals surface area contributed by atoms with Crippen molar-refractivity contribution in [1.82, 2.24) is 15.2 Å². The smallest absolute Gasteiger partial charge is 0.234 e. The molecule has 0 saturated carbocycles. The van der Waals surface area contributed by atoms with E-state index in [-0.39, 0.29) is 17.6 Å². The van der Waals surface area contributed by atoms with Crippen LogP contribution in [0, 0.1) is 0 Å². The Morgan fingerprint density at radius 1 is 1.41 bits per heavy atom. The molecule has 2 aromatic rings. The molecule has 0 spiro atoms. The maximum absolute atomic E-state index is 11.8. The van der Waals surface area contributed by atoms with Crippen LogP contribution >= 0.6 is 11.8 Å². The Labute approximate surface area is 133 Å². The van der Waals surface area contributed by atoms with Gasteiger partial charge in [-0.2, -0.15) is 4.98 Å². The number of ether oxygens (including phenoxy) is 1. The van der Waals surface area contributed by atoms with E-state index in [2.05, 4.69) is 27.4 Å². The number of carbonyl (C=O) groups excluding carboxylic acids is 1. The largest absolute Gasteiger partial charge is 0.494 e. The van der Waals surface area contributed by atoms with Crippen LogP contribution in [0.25, 0.3) is 0 Å². The number of nitrogen functional groups attached to an aromatic ring is 1. The molecule has 22 heavy (non-hydrogen) atoms. The van der Waals surface area contributed by atoms with E-state index in [0.29, 0.717) is 11.8 Å². The Balaban J connectivity index is 1.76. The lowest BCUT2D eigenvalue weighted by Gasteiger charge is -2.07. The van der Waals surface area contributed by atoms with Crippen LogP contribution in [0.4, 0.5) is 11.6 Å². The van der Waals surface area contributed by atoms with Crippen molar-refractivity contribution in [3.05, 3.63) is 24.3 Å². The third-order valence-corrected chi connectivity index (χ3v) is 3.57. The number of nitrogens with two attached hydrogens (primary N) is 1. The number of rotatable bonds is 8. The number of nitrogens with one attached hydrogen (secondary N) is 2. The second kappa shape index (κ2) is 8.28. The van der Waals surface area contributed by atoms with Gasteiger partial charge in [-0.25, -0.2) is 5.10 Å². The molecule has 0 bridgehead atoms. The predicted octanol–water partition coefficient (Wildman–Crippen LogP) is 2.30. The van der Waals surface area contributed by atoms with Gasteiger partial charge in [0.1, 0.15) is 5.75 Å². The highest BCUT2D eigenvalue weighted by molar-refractivity contribution is 7.99. The molecule has 0 saturated heterocycles. The van der Waals surface area contributed by atoms with Crippen molar-refractivity contribution in [2.24, 2.45) is 0 Å². The summed E-state index contributed by atoms with van der Waals surface area (Å²) in [6, 6.07) is 7.31. The summed E-state index contributed by atoms with van der Waals surface area (Å²) < 4.78 is 5.57. The summed E-state index contributed by atoms with van der Waals surface area (Å²) in [5, 5.41) is 9.62. The van der Waals surface area contributed by atoms with Gasteiger partial charge >= 0.3 is 0 Å². The molecule has 1 heterocycles. The fourth-order valence-electron chi connectivity index (χ4n) is 1.62. The Kier molecular flexibility index (Phi) is 6.08. The van der Waals surface area contributed by atoms with Gasteiger partial charge in [-0.1, -0.05) is 25.1 Å². The summed E-state index contributed by atoms with van der Waals surface area (Å²) in [4.78, 5) is 15.7. The lowest BCUT2D eigenvalue weighted by atomic mass is 10.3. The highest BCUT2D eigenvalue weighted by Crippen LogP contribution is 2.17. The number of hydrogen-bond donors (Lipinski definition) is 3. The molecular formula is C14H19N5O2S. The number of carbonyl (C=O) groups is 1. The molecule has 0 fully saturated rings. The lowest BCUT2D eigenvalue weighted by Crippen LogP contribution is -2.14. The molecule has 1 amide bonds. The summed E-state index contributed by atoms with van der Waals surface area (Å²) in [6.07, 6.45) is 2.13. The average molecular weight is 321 g/mol. The lowest BCUT2D eigenvalue weighted by molar-refractivity contribution is -0.113. The molecule has 118 valence electrons. The Bertz CT molecular complexity index is 600. The number of unbranched alkanes of at least 4 members (excludes halogenated alkanes) is 1. The number of anilines is 2. The molecule has 1 aromatic carbocycles. The number of benzene rings is 1. The first-order valence-electron chi connectivity index (χ1n) is 7.00. The van der Waals surface area contributed by atoms with E-state index < -0.39 is 0 Å². The maximum Gasteiger partial charge on any atom is 0.234 e. The normalized spacial score (nSPS) is 10.4. The van der Waals surface area contributed by atoms with Gasteiger partial charge in [0.05, 0.1) is 12.4 Å². The standard InChI is InChI=1S/C14H19N5O2S/c1-2-3-8-21-11-6-4-10(5-7-11)16-12(20)9-22-14-17-13(15)18-19-14/h4-7H,2-3,8-9H2,1H3,(H,16,20)(H3,15,17,18,19). The second-order valence-corrected chi connectivity index (χ2v) is 5.51. The van der Waals surface area contributed by atoms with Crippen molar-refractivity contribution in [1.29, 1.82) is 0 Å². The average Bonchev–Trinajstić information content (AvgIpc) is 2.93. The summed E-state index contributed by atoms with van der Waals surface area (Å²) in [7, 11) is 0. The number of amides is 1. The quantitative estimate of drug-likeness (QED) is 0.509. The molecule has 1 aromatic heterocycles. The van der Waals surface area contributed by atoms with Gasteiger partial charge in [-0.3, -0.25) is 4.79 Å². The van der Waals surface area contributed by atoms with Crippen LogP contribution in [-0.4, -0.2) is 33.4 Å². The van der Waals surface area contributed by atoms with E-state index in [1.807, 2.05) is 24.3 Å². The highest BCUT2D eigenvalue weighted by atomic mass is 32.2. The van der Waals surface area contributed by atoms with Crippen molar-refractivity contribution >= 4 is 29.3 Å². The predicted molar refractivity (Wildman–Crippen MR) is 87.0 cm³/mol. The highest BCUT2D eigenvalue weighted by Gasteiger charge is 2.07. The van der Waals surface area contributed by atoms with Gasteiger partial charge in [-0.05, 0) is 30.7 Å². The first-order valence-corrected chi connectivity index (χ1v) is 7.99. The monoisotopic (exact) mass is 321 g/mol. The number of aromatic amines is 1. The second-order valence-electron chi connectivity index (χ2n) is 4.57. The minimum atomic E-state index is -0.131. The van der Waals surface area contributed by atoms with Gasteiger partial charge in [-0.15, -0.1) is 5.10 Å². The molecule has 0 radical (unpaired) electrons. The van der Waals surface area contributed by atoms with Crippen LogP contribution in [0.5, 0.6) is 5.75 Å². The molecular weight excluding hydrogens is 302 g/mol. The molecule has 7 nitrogen and oxygen atoms in total. The SMILES string of the molecule is CCCCOc1ccc(NC(=O)CSc2n[nH]c(N)n2)cc1. The topological polar surface area (TPSA) is 106 Å². The zero-order valence-electron chi connectivity index (χ0n) is 12.3. The number of aromatic nitrogens is 3. The molecule has 0 aliphatic rings. The molecule has 0 aliphatic heterocycles. The fourth-order valence-corrected chi connectivity index (χ4v) is 2.22. The minimum Gasteiger partial charge on any atom is -0.494 e. The Morgan fingerprint density at radius 2 is 2.18 bits per heavy atom. The molecule has 4 N–H and O–H groups in total. The summed E-state index contributed by atoms with van der Waals surface area (Å²) >= 11 is 1.22. The maximum atomic E-state index is 11.8. The zero-order chi connectivity index (χ0) is 15.8. The van der Waals surface area contributed by atoms with Crippen LogP contribution < -0.4 is 15.8 Å². The van der Waals surface area contributed by atoms with E-state index in [9.17, 15) is 4.79 Å². The summed E-state index contributed by atoms with van der Waals surface area (Å²) in [5.74, 6) is 1.12. The number of H-pyrrole nitrogens is 1. The Morgan fingerprint density at radius 3 is 2.82 bits per heavy atom. The van der Waals surface area contributed by atoms with Crippen molar-refractivity contribution in [2.75, 3.05) is 23.4 Å². The van der Waals surface area contributed by atoms with E-state index in [4.69, 9.17) is 10.5 Å². The summed E-state index contributed by atoms with van der Waals surface area (Å²) in [5.41, 5.74) is 6.14. The van der Waals surface area contributed by atoms with Crippen LogP contribution in [-0.2, 0) is 4.79 Å². The van der Waals surface area contributed by atoms with Crippen LogP contribution in [0.15, 0.2) is 29.4 Å². The van der Waals surface area contributed by atoms with E-state index in [1.165, 1.54) is 11.8 Å². The van der Waals surface area contributed by atoms with Crippen LogP contribution in [0.2, 0.25) is 0 Å². The minimum absolute atomic E-state index is 0.131. The first kappa shape index (κ1) is 16.2. The van der Waals surface area contributed by atoms with Gasteiger partial charge < -0.3 is 15.8 Å². The van der Waals surface area contributed by atoms with Gasteiger partial charge in [0.2, 0.25) is 17.0 Å². The van der Waals surface area contributed by atoms with E-state index in [1.54, 1.807) is 0 Å². The van der Waals surface area contributed by atoms with Gasteiger partial charge in [0.15, 0.2) is 0 Å². The number of nitrogens with zero attached hydrogens (tertiary/aromatic N) is 2. The number of thioether (sulfide) groups is 1. The molecule has 0 atom stereocenters. The van der Waals surface area contributed by atoms with Crippen LogP contribution in [0.1, 0.15) is 19.8 Å². The fraction of sp³-hybridized carbons (Fsp3) is 0.357. The third-order valence-electron chi connectivity index (χ3n) is 2.72. The zero-order valence-corrected chi connectivity index (χ0v) is 13.2. The number of hydrogen-bond acceptors (Lipinski definition) is 6. The van der Waals surface area contributed by atoms with E-state index in [0.717, 1.165) is 24.3 Å². The first-order chi connectivity index (χ1) is 10.7. The molecule has 2 rings (SSSR count). The van der Waals surface area contributed by atoms with Crippen LogP contribution in [0.3, 0.4) is 0 Å². The molecule has 0 unspecified atom stereocenters. The van der Waals surface area contributed by atoms with Gasteiger partial charge in [0, 0.05) is 5.69 Å².